The van der Waals surface area contributed by atoms with Crippen LogP contribution in [0.4, 0.5) is 11.4 Å². The maximum atomic E-state index is 13.7. The molecule has 2 aliphatic heterocycles. The summed E-state index contributed by atoms with van der Waals surface area (Å²) in [5.74, 6) is -1.49. The molecule has 0 aromatic heterocycles. The molecule has 10 heteroatoms. The summed E-state index contributed by atoms with van der Waals surface area (Å²) in [5, 5.41) is 22.0. The van der Waals surface area contributed by atoms with Gasteiger partial charge in [-0.25, -0.2) is 9.80 Å². The number of hydrogen-bond donors (Lipinski definition) is 2. The molecule has 8 atom stereocenters. The number of phenolic OH excluding ortho intramolecular Hbond substituents is 2. The standard InChI is InChI=1S/C51H46N2O8/c1-5-21-50-23-19-29(27-50)41-43(50)47(58)52(45(41)56)33-11-17-39(37(54)25-33)60-35-13-7-31(8-14-35)49(3,4)32-9-15-36(16-10-32)61-40-18-12-34(26-38(40)55)53-46(57)42-30-20-24-51(28-30,22-6-2)44(42)48(53)59/h5-20,23-26,29-30,41-44,54-55H,1-2,21-22,27-28H2,3-4H3. The number of carbonyl (C=O) groups is 4. The zero-order valence-corrected chi connectivity index (χ0v) is 34.0. The predicted molar refractivity (Wildman–Crippen MR) is 229 cm³/mol. The van der Waals surface area contributed by atoms with E-state index in [0.717, 1.165) is 24.0 Å². The molecule has 4 fully saturated rings. The highest BCUT2D eigenvalue weighted by molar-refractivity contribution is 6.24. The number of nitrogens with zero attached hydrogens (tertiary/aromatic N) is 2. The lowest BCUT2D eigenvalue weighted by Gasteiger charge is -2.29. The van der Waals surface area contributed by atoms with Crippen LogP contribution in [0.2, 0.25) is 0 Å². The van der Waals surface area contributed by atoms with E-state index in [1.807, 2.05) is 60.7 Å². The molecule has 2 saturated heterocycles. The van der Waals surface area contributed by atoms with Crippen molar-refractivity contribution in [2.75, 3.05) is 9.80 Å². The van der Waals surface area contributed by atoms with E-state index in [2.05, 4.69) is 51.3 Å². The number of carbonyl (C=O) groups excluding carboxylic acids is 4. The molecule has 10 nitrogen and oxygen atoms in total. The SMILES string of the molecule is C=CCC12C=CC(C1)C1C(=O)N(c3ccc(Oc4ccc(C(C)(C)c5ccc(Oc6ccc(N7C(=O)C8C9C=CC(CC=C)(C9)C8C7=O)cc6O)cc5)cc4)c(O)c3)C(=O)C12. The maximum absolute atomic E-state index is 13.7. The highest BCUT2D eigenvalue weighted by atomic mass is 16.5. The molecule has 2 heterocycles. The molecule has 0 radical (unpaired) electrons. The number of imide groups is 2. The van der Waals surface area contributed by atoms with Crippen molar-refractivity contribution in [1.82, 2.24) is 0 Å². The lowest BCUT2D eigenvalue weighted by atomic mass is 9.72. The molecule has 8 unspecified atom stereocenters. The Balaban J connectivity index is 0.787. The Morgan fingerprint density at radius 1 is 0.623 bits per heavy atom. The van der Waals surface area contributed by atoms with Gasteiger partial charge in [0, 0.05) is 28.4 Å². The van der Waals surface area contributed by atoms with Crippen molar-refractivity contribution < 1.29 is 38.9 Å². The fourth-order valence-electron chi connectivity index (χ4n) is 11.6. The van der Waals surface area contributed by atoms with Gasteiger partial charge >= 0.3 is 0 Å². The van der Waals surface area contributed by atoms with Crippen molar-refractivity contribution in [2.24, 2.45) is 46.3 Å². The van der Waals surface area contributed by atoms with Crippen molar-refractivity contribution in [3.05, 3.63) is 146 Å². The molecule has 308 valence electrons. The highest BCUT2D eigenvalue weighted by Gasteiger charge is 2.67. The molecular formula is C51H46N2O8. The van der Waals surface area contributed by atoms with Gasteiger partial charge in [-0.2, -0.15) is 0 Å². The average molecular weight is 815 g/mol. The van der Waals surface area contributed by atoms with Crippen LogP contribution in [0.25, 0.3) is 0 Å². The Labute approximate surface area is 354 Å². The van der Waals surface area contributed by atoms with E-state index in [-0.39, 0.29) is 69.3 Å². The van der Waals surface area contributed by atoms with Gasteiger partial charge in [-0.05, 0) is 97.2 Å². The van der Waals surface area contributed by atoms with Crippen LogP contribution >= 0.6 is 0 Å². The third kappa shape index (κ3) is 5.67. The van der Waals surface area contributed by atoms with Gasteiger partial charge in [-0.3, -0.25) is 19.2 Å². The van der Waals surface area contributed by atoms with E-state index in [0.29, 0.717) is 35.7 Å². The Morgan fingerprint density at radius 3 is 1.38 bits per heavy atom. The van der Waals surface area contributed by atoms with E-state index < -0.39 is 29.1 Å². The lowest BCUT2D eigenvalue weighted by Crippen LogP contribution is -2.35. The monoisotopic (exact) mass is 814 g/mol. The molecule has 4 bridgehead atoms. The van der Waals surface area contributed by atoms with E-state index >= 15 is 0 Å². The van der Waals surface area contributed by atoms with Crippen LogP contribution in [0, 0.1) is 46.3 Å². The third-order valence-electron chi connectivity index (χ3n) is 14.5. The zero-order chi connectivity index (χ0) is 42.6. The summed E-state index contributed by atoms with van der Waals surface area (Å²) in [6, 6.07) is 24.3. The van der Waals surface area contributed by atoms with Crippen LogP contribution in [0.3, 0.4) is 0 Å². The summed E-state index contributed by atoms with van der Waals surface area (Å²) in [6.07, 6.45) is 14.8. The first-order chi connectivity index (χ1) is 29.3. The van der Waals surface area contributed by atoms with Crippen LogP contribution < -0.4 is 19.3 Å². The molecule has 4 amide bonds. The van der Waals surface area contributed by atoms with Crippen LogP contribution in [0.15, 0.2) is 135 Å². The molecule has 4 aromatic carbocycles. The molecule has 10 rings (SSSR count). The lowest BCUT2D eigenvalue weighted by molar-refractivity contribution is -0.125. The Bertz CT molecular complexity index is 2450. The number of phenols is 2. The van der Waals surface area contributed by atoms with Gasteiger partial charge in [0.1, 0.15) is 11.5 Å². The maximum Gasteiger partial charge on any atom is 0.238 e. The number of allylic oxidation sites excluding steroid dienone is 6. The molecule has 0 spiro atoms. The summed E-state index contributed by atoms with van der Waals surface area (Å²) in [6.45, 7) is 12.0. The second-order valence-corrected chi connectivity index (χ2v) is 18.1. The quantitative estimate of drug-likeness (QED) is 0.107. The third-order valence-corrected chi connectivity index (χ3v) is 14.5. The normalized spacial score (nSPS) is 29.1. The smallest absolute Gasteiger partial charge is 0.238 e. The molecule has 4 aliphatic carbocycles. The van der Waals surface area contributed by atoms with Gasteiger partial charge in [-0.1, -0.05) is 74.6 Å². The van der Waals surface area contributed by atoms with Crippen LogP contribution in [0.5, 0.6) is 34.5 Å². The number of benzene rings is 4. The van der Waals surface area contributed by atoms with Gasteiger partial charge in [0.05, 0.1) is 35.0 Å². The number of rotatable bonds is 12. The number of anilines is 2. The van der Waals surface area contributed by atoms with E-state index in [9.17, 15) is 29.4 Å². The number of hydrogen-bond acceptors (Lipinski definition) is 8. The van der Waals surface area contributed by atoms with Crippen molar-refractivity contribution in [3.8, 4) is 34.5 Å². The second kappa shape index (κ2) is 13.7. The Morgan fingerprint density at radius 2 is 1.02 bits per heavy atom. The Kier molecular flexibility index (Phi) is 8.63. The zero-order valence-electron chi connectivity index (χ0n) is 34.0. The van der Waals surface area contributed by atoms with Gasteiger partial charge in [-0.15, -0.1) is 13.2 Å². The first kappa shape index (κ1) is 38.5. The average Bonchev–Trinajstić information content (AvgIpc) is 4.08. The van der Waals surface area contributed by atoms with E-state index in [1.165, 1.54) is 21.9 Å². The fourth-order valence-corrected chi connectivity index (χ4v) is 11.6. The molecule has 6 aliphatic rings. The van der Waals surface area contributed by atoms with Crippen molar-refractivity contribution >= 4 is 35.0 Å². The minimum Gasteiger partial charge on any atom is -0.504 e. The predicted octanol–water partition coefficient (Wildman–Crippen LogP) is 9.52. The van der Waals surface area contributed by atoms with Gasteiger partial charge in [0.15, 0.2) is 23.0 Å². The second-order valence-electron chi connectivity index (χ2n) is 18.1. The molecule has 2 saturated carbocycles. The number of amides is 4. The van der Waals surface area contributed by atoms with Crippen LogP contribution in [-0.2, 0) is 24.6 Å². The summed E-state index contributed by atoms with van der Waals surface area (Å²) >= 11 is 0. The first-order valence-corrected chi connectivity index (χ1v) is 20.9. The van der Waals surface area contributed by atoms with Crippen molar-refractivity contribution in [1.29, 1.82) is 0 Å². The number of aromatic hydroxyl groups is 2. The summed E-state index contributed by atoms with van der Waals surface area (Å²) in [7, 11) is 0. The van der Waals surface area contributed by atoms with Gasteiger partial charge < -0.3 is 19.7 Å². The van der Waals surface area contributed by atoms with Gasteiger partial charge in [0.25, 0.3) is 0 Å². The highest BCUT2D eigenvalue weighted by Crippen LogP contribution is 2.63. The van der Waals surface area contributed by atoms with Gasteiger partial charge in [0.2, 0.25) is 23.6 Å². The minimum atomic E-state index is -0.427. The molecule has 61 heavy (non-hydrogen) atoms. The van der Waals surface area contributed by atoms with Crippen molar-refractivity contribution in [3.63, 3.8) is 0 Å². The summed E-state index contributed by atoms with van der Waals surface area (Å²) < 4.78 is 12.1. The summed E-state index contributed by atoms with van der Waals surface area (Å²) in [5.41, 5.74) is 1.47. The van der Waals surface area contributed by atoms with E-state index in [1.54, 1.807) is 24.3 Å². The molecule has 4 aromatic rings. The first-order valence-electron chi connectivity index (χ1n) is 20.9. The fraction of sp³-hybridized carbons (Fsp3) is 0.294. The van der Waals surface area contributed by atoms with E-state index in [4.69, 9.17) is 9.47 Å². The topological polar surface area (TPSA) is 134 Å². The molecular weight excluding hydrogens is 769 g/mol. The molecule has 2 N–H and O–H groups in total. The Hall–Kier alpha value is -6.68. The minimum absolute atomic E-state index is 0.0316. The summed E-state index contributed by atoms with van der Waals surface area (Å²) in [4.78, 5) is 56.9. The number of fused-ring (bicyclic) bond motifs is 10. The van der Waals surface area contributed by atoms with Crippen LogP contribution in [0.1, 0.15) is 50.7 Å². The number of ether oxygens (including phenoxy) is 2. The van der Waals surface area contributed by atoms with Crippen LogP contribution in [-0.4, -0.2) is 33.8 Å². The van der Waals surface area contributed by atoms with Crippen molar-refractivity contribution in [2.45, 2.75) is 44.9 Å². The largest absolute Gasteiger partial charge is 0.504 e.